The lowest BCUT2D eigenvalue weighted by molar-refractivity contribution is -0.834. The van der Waals surface area contributed by atoms with Gasteiger partial charge in [0.05, 0.1) is 51.5 Å². The van der Waals surface area contributed by atoms with Crippen LogP contribution in [0, 0.1) is 11.8 Å². The van der Waals surface area contributed by atoms with E-state index in [9.17, 15) is 48.3 Å². The number of nitrogens with one attached hydrogen (secondary N) is 7. The molecule has 1 aliphatic rings. The minimum absolute atomic E-state index is 0.00531. The number of ether oxygens (including phenoxy) is 1. The van der Waals surface area contributed by atoms with Crippen LogP contribution in [-0.2, 0) is 43.1 Å². The fourth-order valence-electron chi connectivity index (χ4n) is 4.10. The first-order chi connectivity index (χ1) is 28.7. The molecular formula is C40H80N9O12S+. The molecule has 1 aliphatic heterocycles. The molecule has 1 fully saturated rings. The van der Waals surface area contributed by atoms with E-state index in [0.29, 0.717) is 25.8 Å². The highest BCUT2D eigenvalue weighted by atomic mass is 32.2. The number of quaternary nitrogens is 1. The van der Waals surface area contributed by atoms with Crippen molar-refractivity contribution in [3.05, 3.63) is 0 Å². The van der Waals surface area contributed by atoms with Gasteiger partial charge in [0, 0.05) is 25.6 Å². The summed E-state index contributed by atoms with van der Waals surface area (Å²) >= 11 is 1.16. The summed E-state index contributed by atoms with van der Waals surface area (Å²) < 4.78 is 7.90. The molecule has 0 aromatic heterocycles. The molecule has 21 nitrogen and oxygen atoms in total. The maximum absolute atomic E-state index is 12.7. The van der Waals surface area contributed by atoms with Gasteiger partial charge in [0.2, 0.25) is 35.9 Å². The lowest BCUT2D eigenvalue weighted by Crippen LogP contribution is -2.56. The van der Waals surface area contributed by atoms with Crippen molar-refractivity contribution in [3.8, 4) is 0 Å². The standard InChI is InChI=1S/C22H39N5O7.C6H11N3O3S.C5H13N.C4H10.C3H6O2/c1-15(16(2)29)25-18(30)12-23-20(32)17-8-7-10-26(17)19(31)13-24-21(33)27(5,6)14-34-22(3,4)9-11-28;1-13-9-6(12)3-8-5(11)2-7-4-10;1-5(2)4-6-3;1-4(2)3;1-2-3(4)5/h11,15-17,29H,7-10,12-14H2,1-6H3,(H2-,23,24,25,30,32,33);4H,2-3H2,1H3,(H,7,10)(H,8,11)(H,9,12);5-6H,4H2,1-3H3;4H,1-3H3;2H2,1H3,(H,4,5)/p+1. The van der Waals surface area contributed by atoms with Crippen LogP contribution in [0.5, 0.6) is 0 Å². The van der Waals surface area contributed by atoms with Crippen LogP contribution >= 0.6 is 11.9 Å². The number of carbonyl (C=O) groups excluding carboxylic acids is 8. The Bertz CT molecular complexity index is 1330. The van der Waals surface area contributed by atoms with Crippen molar-refractivity contribution in [1.29, 1.82) is 0 Å². The second kappa shape index (κ2) is 37.2. The largest absolute Gasteiger partial charge is 0.481 e. The molecule has 3 atom stereocenters. The van der Waals surface area contributed by atoms with E-state index in [2.05, 4.69) is 71.2 Å². The maximum Gasteiger partial charge on any atom is 0.418 e. The molecule has 0 spiro atoms. The Labute approximate surface area is 373 Å². The van der Waals surface area contributed by atoms with E-state index in [4.69, 9.17) is 9.84 Å². The van der Waals surface area contributed by atoms with Gasteiger partial charge < -0.3 is 51.2 Å². The number of amides is 8. The molecule has 0 aliphatic carbocycles. The number of carbonyl (C=O) groups is 9. The highest BCUT2D eigenvalue weighted by Crippen LogP contribution is 2.18. The summed E-state index contributed by atoms with van der Waals surface area (Å²) in [6.07, 6.45) is 3.64. The number of aliphatic hydroxyl groups excluding tert-OH is 1. The van der Waals surface area contributed by atoms with Crippen molar-refractivity contribution < 1.29 is 62.6 Å². The van der Waals surface area contributed by atoms with Gasteiger partial charge in [0.25, 0.3) is 0 Å². The van der Waals surface area contributed by atoms with Crippen LogP contribution in [0.2, 0.25) is 0 Å². The summed E-state index contributed by atoms with van der Waals surface area (Å²) in [4.78, 5) is 103. The Kier molecular flexibility index (Phi) is 38.5. The summed E-state index contributed by atoms with van der Waals surface area (Å²) in [6, 6.07) is -1.62. The Morgan fingerprint density at radius 1 is 0.887 bits per heavy atom. The average molecular weight is 911 g/mol. The molecule has 0 aromatic rings. The SMILES string of the molecule is CC(C)C.CC(O)C(C)NC(=O)CNC(=O)C1CCCN1C(=O)CNC(=O)[N+](C)(C)COC(C)(C)CC=O.CCC(=O)O.CNCC(C)C.CSNC(=O)CNC(=O)CNC=O. The van der Waals surface area contributed by atoms with Crippen molar-refractivity contribution in [3.63, 3.8) is 0 Å². The predicted molar refractivity (Wildman–Crippen MR) is 239 cm³/mol. The van der Waals surface area contributed by atoms with E-state index in [1.165, 1.54) is 4.90 Å². The number of aldehydes is 1. The monoisotopic (exact) mass is 911 g/mol. The first-order valence-electron chi connectivity index (χ1n) is 20.5. The zero-order valence-corrected chi connectivity index (χ0v) is 40.4. The lowest BCUT2D eigenvalue weighted by Gasteiger charge is -2.31. The third-order valence-corrected chi connectivity index (χ3v) is 8.06. The second-order valence-corrected chi connectivity index (χ2v) is 16.9. The summed E-state index contributed by atoms with van der Waals surface area (Å²) in [7, 11) is 5.21. The molecule has 0 bridgehead atoms. The van der Waals surface area contributed by atoms with Crippen LogP contribution < -0.4 is 36.6 Å². The lowest BCUT2D eigenvalue weighted by atomic mass is 10.1. The molecule has 1 saturated heterocycles. The average Bonchev–Trinajstić information content (AvgIpc) is 3.68. The number of hydrogen-bond donors (Lipinski definition) is 9. The zero-order chi connectivity index (χ0) is 49.1. The molecule has 22 heteroatoms. The first kappa shape index (κ1) is 64.2. The normalized spacial score (nSPS) is 13.9. The van der Waals surface area contributed by atoms with Crippen LogP contribution in [-0.4, -0.2) is 171 Å². The van der Waals surface area contributed by atoms with Gasteiger partial charge in [-0.2, -0.15) is 0 Å². The van der Waals surface area contributed by atoms with E-state index in [1.54, 1.807) is 55.0 Å². The summed E-state index contributed by atoms with van der Waals surface area (Å²) in [6.45, 7) is 19.9. The molecule has 1 heterocycles. The van der Waals surface area contributed by atoms with Crippen molar-refractivity contribution in [2.75, 3.05) is 73.4 Å². The molecule has 0 aromatic carbocycles. The van der Waals surface area contributed by atoms with Gasteiger partial charge in [-0.05, 0) is 66.0 Å². The summed E-state index contributed by atoms with van der Waals surface area (Å²) in [5.41, 5.74) is -0.714. The molecule has 0 radical (unpaired) electrons. The zero-order valence-electron chi connectivity index (χ0n) is 39.6. The van der Waals surface area contributed by atoms with Crippen LogP contribution in [0.3, 0.4) is 0 Å². The van der Waals surface area contributed by atoms with Crippen LogP contribution in [0.25, 0.3) is 0 Å². The van der Waals surface area contributed by atoms with Crippen LogP contribution in [0.1, 0.15) is 94.9 Å². The van der Waals surface area contributed by atoms with E-state index in [0.717, 1.165) is 36.6 Å². The highest BCUT2D eigenvalue weighted by Gasteiger charge is 2.36. The van der Waals surface area contributed by atoms with Gasteiger partial charge in [0.15, 0.2) is 6.73 Å². The molecule has 62 heavy (non-hydrogen) atoms. The quantitative estimate of drug-likeness (QED) is 0.0326. The van der Waals surface area contributed by atoms with Gasteiger partial charge in [-0.3, -0.25) is 43.6 Å². The number of hydrogen-bond acceptors (Lipinski definition) is 13. The number of likely N-dealkylation sites (tertiary alicyclic amines) is 1. The summed E-state index contributed by atoms with van der Waals surface area (Å²) in [5, 5.41) is 32.4. The summed E-state index contributed by atoms with van der Waals surface area (Å²) in [5.74, 6) is -1.10. The third kappa shape index (κ3) is 38.5. The predicted octanol–water partition coefficient (Wildman–Crippen LogP) is 0.355. The maximum atomic E-state index is 12.7. The van der Waals surface area contributed by atoms with Gasteiger partial charge in [-0.25, -0.2) is 9.28 Å². The number of rotatable bonds is 21. The van der Waals surface area contributed by atoms with Crippen molar-refractivity contribution in [2.45, 2.75) is 119 Å². The number of carboxylic acid groups (broad SMARTS) is 1. The molecule has 3 unspecified atom stereocenters. The Hall–Kier alpha value is -4.38. The van der Waals surface area contributed by atoms with Crippen LogP contribution in [0.15, 0.2) is 0 Å². The molecule has 8 amide bonds. The number of aliphatic hydroxyl groups is 1. The number of nitrogens with zero attached hydrogens (tertiary/aromatic N) is 2. The fourth-order valence-corrected chi connectivity index (χ4v) is 4.40. The van der Waals surface area contributed by atoms with Gasteiger partial charge in [0.1, 0.15) is 18.9 Å². The number of urea groups is 1. The second-order valence-electron chi connectivity index (χ2n) is 16.2. The first-order valence-corrected chi connectivity index (χ1v) is 21.8. The molecule has 362 valence electrons. The molecular weight excluding hydrogens is 831 g/mol. The van der Waals surface area contributed by atoms with E-state index < -0.39 is 59.4 Å². The topological polar surface area (TPSA) is 291 Å². The van der Waals surface area contributed by atoms with Crippen molar-refractivity contribution >= 4 is 66.2 Å². The van der Waals surface area contributed by atoms with E-state index in [1.807, 2.05) is 7.05 Å². The van der Waals surface area contributed by atoms with Gasteiger partial charge >= 0.3 is 12.0 Å². The van der Waals surface area contributed by atoms with Gasteiger partial charge in [-0.1, -0.05) is 53.5 Å². The van der Waals surface area contributed by atoms with Crippen molar-refractivity contribution in [2.24, 2.45) is 11.8 Å². The Morgan fingerprint density at radius 2 is 1.44 bits per heavy atom. The fraction of sp³-hybridized carbons (Fsp3) is 0.775. The minimum atomic E-state index is -0.745. The molecule has 1 rings (SSSR count). The third-order valence-electron chi connectivity index (χ3n) is 7.63. The minimum Gasteiger partial charge on any atom is -0.481 e. The molecule has 9 N–H and O–H groups in total. The highest BCUT2D eigenvalue weighted by molar-refractivity contribution is 7.97. The Morgan fingerprint density at radius 3 is 1.87 bits per heavy atom. The van der Waals surface area contributed by atoms with Gasteiger partial charge in [-0.15, -0.1) is 0 Å². The Balaban J connectivity index is -0.000000484. The van der Waals surface area contributed by atoms with E-state index >= 15 is 0 Å². The number of aliphatic carboxylic acids is 1. The number of carboxylic acids is 1. The van der Waals surface area contributed by atoms with E-state index in [-0.39, 0.29) is 56.1 Å². The van der Waals surface area contributed by atoms with Crippen molar-refractivity contribution in [1.82, 2.24) is 41.5 Å². The smallest absolute Gasteiger partial charge is 0.418 e. The molecule has 0 saturated carbocycles. The van der Waals surface area contributed by atoms with Crippen LogP contribution in [0.4, 0.5) is 4.79 Å².